The van der Waals surface area contributed by atoms with E-state index in [1.165, 1.54) is 12.1 Å². The Balaban J connectivity index is 2.27. The fourth-order valence-corrected chi connectivity index (χ4v) is 2.43. The van der Waals surface area contributed by atoms with Gasteiger partial charge in [0, 0.05) is 10.2 Å². The maximum Gasteiger partial charge on any atom is 0.256 e. The van der Waals surface area contributed by atoms with Gasteiger partial charge in [0.05, 0.1) is 15.6 Å². The van der Waals surface area contributed by atoms with Crippen LogP contribution in [0.4, 0.5) is 5.69 Å². The summed E-state index contributed by atoms with van der Waals surface area (Å²) in [6.45, 7) is 0. The van der Waals surface area contributed by atoms with E-state index < -0.39 is 0 Å². The maximum atomic E-state index is 12.1. The molecule has 0 unspecified atom stereocenters. The molecule has 2 N–H and O–H groups in total. The van der Waals surface area contributed by atoms with Gasteiger partial charge in [-0.05, 0) is 40.2 Å². The Hall–Kier alpha value is -1.23. The average Bonchev–Trinajstić information content (AvgIpc) is 2.36. The number of benzene rings is 2. The molecule has 0 saturated heterocycles. The highest BCUT2D eigenvalue weighted by atomic mass is 79.9. The van der Waals surface area contributed by atoms with Gasteiger partial charge in [0.2, 0.25) is 0 Å². The van der Waals surface area contributed by atoms with Gasteiger partial charge in [-0.25, -0.2) is 0 Å². The Morgan fingerprint density at radius 2 is 1.74 bits per heavy atom. The van der Waals surface area contributed by atoms with E-state index in [0.29, 0.717) is 15.7 Å². The molecule has 0 saturated carbocycles. The Bertz CT molecular complexity index is 623. The van der Waals surface area contributed by atoms with Gasteiger partial charge in [0.25, 0.3) is 5.91 Å². The summed E-state index contributed by atoms with van der Waals surface area (Å²) in [4.78, 5) is 12.1. The van der Waals surface area contributed by atoms with E-state index in [-0.39, 0.29) is 21.7 Å². The van der Waals surface area contributed by atoms with Crippen molar-refractivity contribution in [2.75, 3.05) is 5.32 Å². The predicted molar refractivity (Wildman–Crippen MR) is 80.2 cm³/mol. The normalized spacial score (nSPS) is 10.3. The molecule has 0 bridgehead atoms. The molecule has 0 atom stereocenters. The maximum absolute atomic E-state index is 12.1. The number of rotatable bonds is 2. The predicted octanol–water partition coefficient (Wildman–Crippen LogP) is 4.71. The molecular formula is C13H8BrCl2NO2. The Morgan fingerprint density at radius 3 is 2.32 bits per heavy atom. The monoisotopic (exact) mass is 359 g/mol. The molecule has 6 heteroatoms. The number of nitrogens with one attached hydrogen (secondary N) is 1. The third-order valence-electron chi connectivity index (χ3n) is 2.39. The van der Waals surface area contributed by atoms with Crippen molar-refractivity contribution in [3.05, 3.63) is 56.5 Å². The van der Waals surface area contributed by atoms with Crippen LogP contribution in [0.25, 0.3) is 0 Å². The molecule has 0 fully saturated rings. The molecule has 3 nitrogen and oxygen atoms in total. The zero-order valence-electron chi connectivity index (χ0n) is 9.45. The molecule has 2 rings (SSSR count). The third-order valence-corrected chi connectivity index (χ3v) is 3.66. The molecule has 0 heterocycles. The fourth-order valence-electron chi connectivity index (χ4n) is 1.48. The Labute approximate surface area is 128 Å². The summed E-state index contributed by atoms with van der Waals surface area (Å²) in [5, 5.41) is 12.3. The van der Waals surface area contributed by atoms with Crippen molar-refractivity contribution in [2.24, 2.45) is 0 Å². The van der Waals surface area contributed by atoms with Gasteiger partial charge in [-0.15, -0.1) is 0 Å². The van der Waals surface area contributed by atoms with E-state index in [1.54, 1.807) is 18.2 Å². The van der Waals surface area contributed by atoms with Crippen molar-refractivity contribution < 1.29 is 9.90 Å². The van der Waals surface area contributed by atoms with Crippen LogP contribution in [0.2, 0.25) is 10.0 Å². The Kier molecular flexibility index (Phi) is 4.34. The molecular weight excluding hydrogens is 353 g/mol. The highest BCUT2D eigenvalue weighted by molar-refractivity contribution is 9.10. The number of aromatic hydroxyl groups is 1. The topological polar surface area (TPSA) is 49.3 Å². The minimum atomic E-state index is -0.301. The number of amides is 1. The van der Waals surface area contributed by atoms with Gasteiger partial charge >= 0.3 is 0 Å². The Morgan fingerprint density at radius 1 is 1.16 bits per heavy atom. The molecule has 0 aliphatic rings. The van der Waals surface area contributed by atoms with Gasteiger partial charge in [0.15, 0.2) is 5.75 Å². The van der Waals surface area contributed by atoms with Crippen molar-refractivity contribution in [2.45, 2.75) is 0 Å². The summed E-state index contributed by atoms with van der Waals surface area (Å²) in [6, 6.07) is 9.88. The van der Waals surface area contributed by atoms with Crippen LogP contribution in [0.1, 0.15) is 10.4 Å². The van der Waals surface area contributed by atoms with E-state index in [4.69, 9.17) is 23.2 Å². The highest BCUT2D eigenvalue weighted by Gasteiger charge is 2.12. The number of phenols is 1. The molecule has 2 aromatic rings. The van der Waals surface area contributed by atoms with Crippen LogP contribution >= 0.6 is 39.1 Å². The summed E-state index contributed by atoms with van der Waals surface area (Å²) < 4.78 is 0.684. The lowest BCUT2D eigenvalue weighted by atomic mass is 10.2. The summed E-state index contributed by atoms with van der Waals surface area (Å²) in [6.07, 6.45) is 0. The van der Waals surface area contributed by atoms with E-state index >= 15 is 0 Å². The minimum Gasteiger partial charge on any atom is -0.505 e. The van der Waals surface area contributed by atoms with Gasteiger partial charge in [0.1, 0.15) is 0 Å². The molecule has 2 aromatic carbocycles. The summed E-state index contributed by atoms with van der Waals surface area (Å²) in [5.74, 6) is -0.507. The van der Waals surface area contributed by atoms with Gasteiger partial charge in [-0.3, -0.25) is 4.79 Å². The minimum absolute atomic E-state index is 0.0786. The van der Waals surface area contributed by atoms with Crippen LogP contribution in [0.5, 0.6) is 5.75 Å². The van der Waals surface area contributed by atoms with Crippen molar-refractivity contribution in [1.29, 1.82) is 0 Å². The fraction of sp³-hybridized carbons (Fsp3) is 0. The first-order chi connectivity index (χ1) is 8.99. The van der Waals surface area contributed by atoms with Crippen LogP contribution in [0, 0.1) is 0 Å². The number of carbonyl (C=O) groups excluding carboxylic acids is 1. The SMILES string of the molecule is O=C(Nc1cc(Cl)c(O)c(Cl)c1)c1ccccc1Br. The first-order valence-electron chi connectivity index (χ1n) is 5.23. The van der Waals surface area contributed by atoms with Gasteiger partial charge in [-0.2, -0.15) is 0 Å². The summed E-state index contributed by atoms with van der Waals surface area (Å²) >= 11 is 14.9. The second-order valence-electron chi connectivity index (χ2n) is 3.72. The molecule has 0 aromatic heterocycles. The molecule has 0 spiro atoms. The van der Waals surface area contributed by atoms with Crippen LogP contribution < -0.4 is 5.32 Å². The first kappa shape index (κ1) is 14.2. The van der Waals surface area contributed by atoms with E-state index in [9.17, 15) is 9.90 Å². The third kappa shape index (κ3) is 3.21. The van der Waals surface area contributed by atoms with E-state index in [1.807, 2.05) is 6.07 Å². The quantitative estimate of drug-likeness (QED) is 0.761. The number of carbonyl (C=O) groups is 1. The van der Waals surface area contributed by atoms with E-state index in [0.717, 1.165) is 0 Å². The number of phenolic OH excluding ortho intramolecular Hbond substituents is 1. The molecule has 98 valence electrons. The largest absolute Gasteiger partial charge is 0.505 e. The number of hydrogen-bond acceptors (Lipinski definition) is 2. The van der Waals surface area contributed by atoms with Crippen LogP contribution in [-0.4, -0.2) is 11.0 Å². The number of hydrogen-bond donors (Lipinski definition) is 2. The van der Waals surface area contributed by atoms with Crippen molar-refractivity contribution >= 4 is 50.7 Å². The standard InChI is InChI=1S/C13H8BrCl2NO2/c14-9-4-2-1-3-8(9)13(19)17-7-5-10(15)12(18)11(16)6-7/h1-6,18H,(H,17,19). The van der Waals surface area contributed by atoms with Gasteiger partial charge in [-0.1, -0.05) is 35.3 Å². The number of anilines is 1. The molecule has 1 amide bonds. The van der Waals surface area contributed by atoms with Crippen LogP contribution in [0.15, 0.2) is 40.9 Å². The molecule has 0 aliphatic heterocycles. The second-order valence-corrected chi connectivity index (χ2v) is 5.39. The number of halogens is 3. The summed E-state index contributed by atoms with van der Waals surface area (Å²) in [7, 11) is 0. The second kappa shape index (κ2) is 5.82. The van der Waals surface area contributed by atoms with Crippen molar-refractivity contribution in [1.82, 2.24) is 0 Å². The molecule has 0 aliphatic carbocycles. The van der Waals surface area contributed by atoms with Gasteiger partial charge < -0.3 is 10.4 Å². The van der Waals surface area contributed by atoms with Crippen LogP contribution in [-0.2, 0) is 0 Å². The lowest BCUT2D eigenvalue weighted by Gasteiger charge is -2.08. The van der Waals surface area contributed by atoms with Crippen LogP contribution in [0.3, 0.4) is 0 Å². The summed E-state index contributed by atoms with van der Waals surface area (Å²) in [5.41, 5.74) is 0.899. The van der Waals surface area contributed by atoms with E-state index in [2.05, 4.69) is 21.2 Å². The lowest BCUT2D eigenvalue weighted by molar-refractivity contribution is 0.102. The molecule has 0 radical (unpaired) electrons. The zero-order valence-corrected chi connectivity index (χ0v) is 12.6. The molecule has 19 heavy (non-hydrogen) atoms. The lowest BCUT2D eigenvalue weighted by Crippen LogP contribution is -2.12. The van der Waals surface area contributed by atoms with Crippen molar-refractivity contribution in [3.8, 4) is 5.75 Å². The van der Waals surface area contributed by atoms with Crippen molar-refractivity contribution in [3.63, 3.8) is 0 Å². The zero-order chi connectivity index (χ0) is 14.0. The first-order valence-corrected chi connectivity index (χ1v) is 6.78. The smallest absolute Gasteiger partial charge is 0.256 e. The highest BCUT2D eigenvalue weighted by Crippen LogP contribution is 2.34. The average molecular weight is 361 g/mol.